The van der Waals surface area contributed by atoms with Crippen LogP contribution in [0.1, 0.15) is 12.0 Å². The smallest absolute Gasteiger partial charge is 0.250 e. The SMILES string of the molecule is Fc1cccnc1OC1CSC2(C1)CN(Cc1ccoc1)C2. The van der Waals surface area contributed by atoms with Crippen LogP contribution in [0.15, 0.2) is 41.3 Å². The molecule has 1 atom stereocenters. The maximum atomic E-state index is 13.6. The first-order valence-corrected chi connectivity index (χ1v) is 8.36. The summed E-state index contributed by atoms with van der Waals surface area (Å²) in [5.41, 5.74) is 1.21. The van der Waals surface area contributed by atoms with Gasteiger partial charge in [-0.2, -0.15) is 0 Å². The van der Waals surface area contributed by atoms with Crippen molar-refractivity contribution in [3.05, 3.63) is 48.3 Å². The van der Waals surface area contributed by atoms with E-state index in [1.165, 1.54) is 11.6 Å². The van der Waals surface area contributed by atoms with Crippen molar-refractivity contribution < 1.29 is 13.5 Å². The van der Waals surface area contributed by atoms with E-state index in [2.05, 4.69) is 9.88 Å². The lowest BCUT2D eigenvalue weighted by Gasteiger charge is -2.47. The molecule has 0 N–H and O–H groups in total. The maximum absolute atomic E-state index is 13.6. The number of hydrogen-bond donors (Lipinski definition) is 0. The van der Waals surface area contributed by atoms with Gasteiger partial charge in [0.15, 0.2) is 5.82 Å². The Morgan fingerprint density at radius 1 is 1.45 bits per heavy atom. The highest BCUT2D eigenvalue weighted by atomic mass is 32.2. The molecule has 4 rings (SSSR count). The summed E-state index contributed by atoms with van der Waals surface area (Å²) >= 11 is 1.94. The van der Waals surface area contributed by atoms with E-state index in [9.17, 15) is 4.39 Å². The summed E-state index contributed by atoms with van der Waals surface area (Å²) < 4.78 is 24.7. The molecule has 2 fully saturated rings. The third-order valence-electron chi connectivity index (χ3n) is 4.19. The van der Waals surface area contributed by atoms with Gasteiger partial charge in [0.2, 0.25) is 0 Å². The van der Waals surface area contributed by atoms with Crippen molar-refractivity contribution in [3.63, 3.8) is 0 Å². The summed E-state index contributed by atoms with van der Waals surface area (Å²) in [6, 6.07) is 4.96. The first-order chi connectivity index (χ1) is 10.7. The number of hydrogen-bond acceptors (Lipinski definition) is 5. The van der Waals surface area contributed by atoms with Crippen LogP contribution in [-0.4, -0.2) is 39.6 Å². The van der Waals surface area contributed by atoms with Gasteiger partial charge in [0.05, 0.1) is 12.5 Å². The number of aromatic nitrogens is 1. The molecule has 4 heterocycles. The molecule has 2 aromatic heterocycles. The average Bonchev–Trinajstić information content (AvgIpc) is 3.11. The van der Waals surface area contributed by atoms with E-state index < -0.39 is 0 Å². The molecular weight excluding hydrogens is 303 g/mol. The molecule has 1 unspecified atom stereocenters. The number of nitrogens with zero attached hydrogens (tertiary/aromatic N) is 2. The normalized spacial score (nSPS) is 23.6. The number of thioether (sulfide) groups is 1. The summed E-state index contributed by atoms with van der Waals surface area (Å²) in [7, 11) is 0. The van der Waals surface area contributed by atoms with Crippen LogP contribution in [0.25, 0.3) is 0 Å². The van der Waals surface area contributed by atoms with Gasteiger partial charge in [-0.25, -0.2) is 9.37 Å². The molecule has 0 radical (unpaired) electrons. The maximum Gasteiger partial charge on any atom is 0.250 e. The lowest BCUT2D eigenvalue weighted by atomic mass is 9.92. The fourth-order valence-electron chi connectivity index (χ4n) is 3.24. The predicted molar refractivity (Wildman–Crippen MR) is 82.4 cm³/mol. The summed E-state index contributed by atoms with van der Waals surface area (Å²) in [4.78, 5) is 6.38. The fraction of sp³-hybridized carbons (Fsp3) is 0.438. The third kappa shape index (κ3) is 2.73. The Labute approximate surface area is 132 Å². The minimum atomic E-state index is -0.386. The van der Waals surface area contributed by atoms with E-state index in [0.29, 0.717) is 0 Å². The monoisotopic (exact) mass is 320 g/mol. The molecule has 2 saturated heterocycles. The highest BCUT2D eigenvalue weighted by Crippen LogP contribution is 2.46. The van der Waals surface area contributed by atoms with Crippen LogP contribution in [0.5, 0.6) is 5.88 Å². The number of likely N-dealkylation sites (tertiary alicyclic amines) is 1. The van der Waals surface area contributed by atoms with Crippen molar-refractivity contribution in [1.82, 2.24) is 9.88 Å². The molecular formula is C16H17FN2O2S. The highest BCUT2D eigenvalue weighted by Gasteiger charge is 2.49. The lowest BCUT2D eigenvalue weighted by Crippen LogP contribution is -2.58. The molecule has 0 amide bonds. The van der Waals surface area contributed by atoms with Crippen molar-refractivity contribution in [2.75, 3.05) is 18.8 Å². The highest BCUT2D eigenvalue weighted by molar-refractivity contribution is 8.01. The quantitative estimate of drug-likeness (QED) is 0.866. The van der Waals surface area contributed by atoms with Crippen LogP contribution in [0.4, 0.5) is 4.39 Å². The van der Waals surface area contributed by atoms with E-state index in [-0.39, 0.29) is 22.5 Å². The zero-order valence-electron chi connectivity index (χ0n) is 12.1. The molecule has 2 aliphatic rings. The topological polar surface area (TPSA) is 38.5 Å². The first-order valence-electron chi connectivity index (χ1n) is 7.37. The van der Waals surface area contributed by atoms with E-state index in [1.807, 2.05) is 17.8 Å². The molecule has 2 aliphatic heterocycles. The Kier molecular flexibility index (Phi) is 3.58. The molecule has 116 valence electrons. The van der Waals surface area contributed by atoms with Crippen LogP contribution < -0.4 is 4.74 Å². The minimum Gasteiger partial charge on any atom is -0.472 e. The zero-order chi connectivity index (χ0) is 15.0. The summed E-state index contributed by atoms with van der Waals surface area (Å²) in [5.74, 6) is 0.638. The van der Waals surface area contributed by atoms with Crippen molar-refractivity contribution >= 4 is 11.8 Å². The van der Waals surface area contributed by atoms with Crippen LogP contribution in [0.2, 0.25) is 0 Å². The van der Waals surface area contributed by atoms with Crippen molar-refractivity contribution in [2.24, 2.45) is 0 Å². The standard InChI is InChI=1S/C16H17FN2O2S/c17-14-2-1-4-18-15(14)21-13-6-16(22-9-13)10-19(11-16)7-12-3-5-20-8-12/h1-5,8,13H,6-7,9-11H2. The van der Waals surface area contributed by atoms with E-state index >= 15 is 0 Å². The van der Waals surface area contributed by atoms with Crippen molar-refractivity contribution in [1.29, 1.82) is 0 Å². The van der Waals surface area contributed by atoms with E-state index in [0.717, 1.165) is 31.8 Å². The zero-order valence-corrected chi connectivity index (χ0v) is 12.9. The van der Waals surface area contributed by atoms with Gasteiger partial charge in [-0.1, -0.05) is 0 Å². The number of ether oxygens (including phenoxy) is 1. The number of halogens is 1. The van der Waals surface area contributed by atoms with Crippen LogP contribution in [0.3, 0.4) is 0 Å². The fourth-order valence-corrected chi connectivity index (χ4v) is 4.81. The minimum absolute atomic E-state index is 0.0467. The molecule has 4 nitrogen and oxygen atoms in total. The predicted octanol–water partition coefficient (Wildman–Crippen LogP) is 2.95. The van der Waals surface area contributed by atoms with Gasteiger partial charge in [-0.05, 0) is 18.2 Å². The number of rotatable bonds is 4. The molecule has 2 aromatic rings. The lowest BCUT2D eigenvalue weighted by molar-refractivity contribution is 0.0894. The van der Waals surface area contributed by atoms with Gasteiger partial charge in [-0.15, -0.1) is 11.8 Å². The van der Waals surface area contributed by atoms with Crippen molar-refractivity contribution in [3.8, 4) is 5.88 Å². The van der Waals surface area contributed by atoms with Gasteiger partial charge in [0.1, 0.15) is 6.10 Å². The Morgan fingerprint density at radius 2 is 2.36 bits per heavy atom. The van der Waals surface area contributed by atoms with Gasteiger partial charge in [0, 0.05) is 48.3 Å². The number of furan rings is 1. The Balaban J connectivity index is 1.31. The first kappa shape index (κ1) is 14.1. The van der Waals surface area contributed by atoms with E-state index in [4.69, 9.17) is 9.15 Å². The second-order valence-electron chi connectivity index (χ2n) is 6.01. The van der Waals surface area contributed by atoms with Gasteiger partial charge in [0.25, 0.3) is 5.88 Å². The summed E-state index contributed by atoms with van der Waals surface area (Å²) in [6.45, 7) is 3.03. The molecule has 1 spiro atoms. The third-order valence-corrected chi connectivity index (χ3v) is 5.76. The Bertz CT molecular complexity index is 643. The molecule has 0 saturated carbocycles. The van der Waals surface area contributed by atoms with Crippen LogP contribution in [-0.2, 0) is 6.54 Å². The molecule has 0 aromatic carbocycles. The van der Waals surface area contributed by atoms with Crippen LogP contribution in [0, 0.1) is 5.82 Å². The second kappa shape index (κ2) is 5.59. The van der Waals surface area contributed by atoms with Gasteiger partial charge < -0.3 is 9.15 Å². The number of pyridine rings is 1. The van der Waals surface area contributed by atoms with Gasteiger partial charge in [-0.3, -0.25) is 4.90 Å². The molecule has 6 heteroatoms. The molecule has 0 bridgehead atoms. The van der Waals surface area contributed by atoms with E-state index in [1.54, 1.807) is 24.8 Å². The average molecular weight is 320 g/mol. The van der Waals surface area contributed by atoms with Crippen molar-refractivity contribution in [2.45, 2.75) is 23.8 Å². The largest absolute Gasteiger partial charge is 0.472 e. The summed E-state index contributed by atoms with van der Waals surface area (Å²) in [6.07, 6.45) is 6.07. The Morgan fingerprint density at radius 3 is 3.14 bits per heavy atom. The van der Waals surface area contributed by atoms with Gasteiger partial charge >= 0.3 is 0 Å². The Hall–Kier alpha value is -1.53. The second-order valence-corrected chi connectivity index (χ2v) is 7.49. The molecule has 22 heavy (non-hydrogen) atoms. The molecule has 0 aliphatic carbocycles. The summed E-state index contributed by atoms with van der Waals surface area (Å²) in [5, 5.41) is 0. The van der Waals surface area contributed by atoms with Crippen LogP contribution >= 0.6 is 11.8 Å².